The van der Waals surface area contributed by atoms with E-state index in [9.17, 15) is 4.79 Å². The summed E-state index contributed by atoms with van der Waals surface area (Å²) in [6.45, 7) is 4.01. The van der Waals surface area contributed by atoms with Crippen LogP contribution >= 0.6 is 0 Å². The van der Waals surface area contributed by atoms with Gasteiger partial charge in [0.05, 0.1) is 42.2 Å². The molecule has 2 rings (SSSR count). The molecule has 0 fully saturated rings. The van der Waals surface area contributed by atoms with Gasteiger partial charge in [-0.05, 0) is 55.3 Å². The van der Waals surface area contributed by atoms with E-state index in [0.29, 0.717) is 53.1 Å². The van der Waals surface area contributed by atoms with Crippen molar-refractivity contribution < 1.29 is 38.0 Å². The first kappa shape index (κ1) is 25.7. The van der Waals surface area contributed by atoms with Crippen molar-refractivity contribution in [2.45, 2.75) is 26.4 Å². The lowest BCUT2D eigenvalue weighted by Gasteiger charge is -2.21. The van der Waals surface area contributed by atoms with Crippen LogP contribution in [0.5, 0.6) is 34.5 Å². The van der Waals surface area contributed by atoms with Gasteiger partial charge in [-0.3, -0.25) is 0 Å². The third-order valence-electron chi connectivity index (χ3n) is 4.75. The molecule has 0 aliphatic rings. The monoisotopic (exact) mass is 460 g/mol. The van der Waals surface area contributed by atoms with Crippen LogP contribution in [0.2, 0.25) is 0 Å². The second-order valence-electron chi connectivity index (χ2n) is 7.01. The van der Waals surface area contributed by atoms with Crippen molar-refractivity contribution >= 4 is 12.0 Å². The highest BCUT2D eigenvalue weighted by Gasteiger charge is 2.19. The van der Waals surface area contributed by atoms with Gasteiger partial charge in [0, 0.05) is 12.5 Å². The van der Waals surface area contributed by atoms with E-state index in [1.165, 1.54) is 6.08 Å². The van der Waals surface area contributed by atoms with Crippen LogP contribution in [0, 0.1) is 0 Å². The quantitative estimate of drug-likeness (QED) is 0.342. The number of ether oxygens (including phenoxy) is 7. The Balaban J connectivity index is 2.28. The molecule has 0 aliphatic carbocycles. The fourth-order valence-corrected chi connectivity index (χ4v) is 3.30. The van der Waals surface area contributed by atoms with Gasteiger partial charge in [0.15, 0.2) is 23.0 Å². The van der Waals surface area contributed by atoms with Crippen molar-refractivity contribution in [3.05, 3.63) is 41.5 Å². The Morgan fingerprint density at radius 1 is 0.818 bits per heavy atom. The van der Waals surface area contributed by atoms with E-state index in [4.69, 9.17) is 33.2 Å². The van der Waals surface area contributed by atoms with Gasteiger partial charge < -0.3 is 33.2 Å². The molecule has 0 saturated heterocycles. The number of rotatable bonds is 12. The lowest BCUT2D eigenvalue weighted by atomic mass is 10.1. The average molecular weight is 461 g/mol. The SMILES string of the molecule is CCOC(=O)/C=C\c1cc(OC)c(O[C@@H](C)Cc2cc(OC)c(OC)c(OC)c2)c(OC)c1. The van der Waals surface area contributed by atoms with Crippen LogP contribution in [0.25, 0.3) is 6.08 Å². The Morgan fingerprint density at radius 3 is 1.79 bits per heavy atom. The van der Waals surface area contributed by atoms with Crippen molar-refractivity contribution in [3.8, 4) is 34.5 Å². The van der Waals surface area contributed by atoms with Gasteiger partial charge in [-0.15, -0.1) is 0 Å². The van der Waals surface area contributed by atoms with Crippen LogP contribution in [0.15, 0.2) is 30.3 Å². The summed E-state index contributed by atoms with van der Waals surface area (Å²) in [5, 5.41) is 0. The first-order valence-electron chi connectivity index (χ1n) is 10.5. The second kappa shape index (κ2) is 12.5. The lowest BCUT2D eigenvalue weighted by molar-refractivity contribution is -0.137. The summed E-state index contributed by atoms with van der Waals surface area (Å²) in [5.74, 6) is 2.69. The van der Waals surface area contributed by atoms with Crippen LogP contribution in [0.4, 0.5) is 0 Å². The molecule has 0 spiro atoms. The normalized spacial score (nSPS) is 11.6. The number of hydrogen-bond donors (Lipinski definition) is 0. The number of benzene rings is 2. The minimum Gasteiger partial charge on any atom is -0.493 e. The zero-order valence-electron chi connectivity index (χ0n) is 20.2. The highest BCUT2D eigenvalue weighted by atomic mass is 16.5. The molecule has 0 aromatic heterocycles. The molecule has 180 valence electrons. The first-order chi connectivity index (χ1) is 15.9. The number of carbonyl (C=O) groups is 1. The maximum Gasteiger partial charge on any atom is 0.330 e. The van der Waals surface area contributed by atoms with Gasteiger partial charge in [0.25, 0.3) is 0 Å². The van der Waals surface area contributed by atoms with Gasteiger partial charge in [-0.2, -0.15) is 0 Å². The van der Waals surface area contributed by atoms with Gasteiger partial charge in [-0.1, -0.05) is 0 Å². The minimum absolute atomic E-state index is 0.239. The van der Waals surface area contributed by atoms with Gasteiger partial charge in [0.1, 0.15) is 6.10 Å². The fourth-order valence-electron chi connectivity index (χ4n) is 3.30. The molecule has 0 N–H and O–H groups in total. The zero-order valence-corrected chi connectivity index (χ0v) is 20.2. The van der Waals surface area contributed by atoms with Crippen LogP contribution in [0.3, 0.4) is 0 Å². The summed E-state index contributed by atoms with van der Waals surface area (Å²) in [5.41, 5.74) is 1.66. The molecular formula is C25H32O8. The summed E-state index contributed by atoms with van der Waals surface area (Å²) < 4.78 is 38.4. The lowest BCUT2D eigenvalue weighted by Crippen LogP contribution is -2.16. The standard InChI is InChI=1S/C25H32O8/c1-8-32-23(26)10-9-17-12-21(29-5)25(22(13-17)30-6)33-16(2)11-18-14-19(27-3)24(31-7)20(15-18)28-4/h9-10,12-16H,8,11H2,1-7H3/b10-9-/t16-/m0/s1. The first-order valence-corrected chi connectivity index (χ1v) is 10.5. The predicted molar refractivity (Wildman–Crippen MR) is 125 cm³/mol. The van der Waals surface area contributed by atoms with Crippen LogP contribution in [0.1, 0.15) is 25.0 Å². The Hall–Kier alpha value is -3.55. The van der Waals surface area contributed by atoms with E-state index in [1.807, 2.05) is 19.1 Å². The topological polar surface area (TPSA) is 81.7 Å². The Labute approximate surface area is 194 Å². The highest BCUT2D eigenvalue weighted by Crippen LogP contribution is 2.41. The van der Waals surface area contributed by atoms with Crippen molar-refractivity contribution in [1.82, 2.24) is 0 Å². The summed E-state index contributed by atoms with van der Waals surface area (Å²) in [4.78, 5) is 11.6. The van der Waals surface area contributed by atoms with Crippen LogP contribution < -0.4 is 28.4 Å². The number of esters is 1. The molecule has 0 unspecified atom stereocenters. The molecule has 0 amide bonds. The molecule has 0 bridgehead atoms. The number of methoxy groups -OCH3 is 5. The molecule has 0 radical (unpaired) electrons. The molecular weight excluding hydrogens is 428 g/mol. The molecule has 0 aliphatic heterocycles. The molecule has 8 nitrogen and oxygen atoms in total. The van der Waals surface area contributed by atoms with E-state index in [-0.39, 0.29) is 6.10 Å². The van der Waals surface area contributed by atoms with Crippen molar-refractivity contribution in [3.63, 3.8) is 0 Å². The summed E-state index contributed by atoms with van der Waals surface area (Å²) >= 11 is 0. The van der Waals surface area contributed by atoms with E-state index < -0.39 is 5.97 Å². The van der Waals surface area contributed by atoms with E-state index in [0.717, 1.165) is 5.56 Å². The summed E-state index contributed by atoms with van der Waals surface area (Å²) in [7, 11) is 7.81. The average Bonchev–Trinajstić information content (AvgIpc) is 2.82. The fraction of sp³-hybridized carbons (Fsp3) is 0.400. The summed E-state index contributed by atoms with van der Waals surface area (Å²) in [6.07, 6.45) is 3.31. The third kappa shape index (κ3) is 6.71. The van der Waals surface area contributed by atoms with Crippen LogP contribution in [-0.2, 0) is 16.0 Å². The van der Waals surface area contributed by atoms with Gasteiger partial charge in [-0.25, -0.2) is 4.79 Å². The van der Waals surface area contributed by atoms with Gasteiger partial charge >= 0.3 is 5.97 Å². The summed E-state index contributed by atoms with van der Waals surface area (Å²) in [6, 6.07) is 7.30. The number of carbonyl (C=O) groups excluding carboxylic acids is 1. The Bertz CT molecular complexity index is 917. The minimum atomic E-state index is -0.422. The predicted octanol–water partition coefficient (Wildman–Crippen LogP) is 4.32. The van der Waals surface area contributed by atoms with E-state index in [2.05, 4.69) is 0 Å². The highest BCUT2D eigenvalue weighted by molar-refractivity contribution is 5.87. The Morgan fingerprint density at radius 2 is 1.33 bits per heavy atom. The number of hydrogen-bond acceptors (Lipinski definition) is 8. The Kier molecular flexibility index (Phi) is 9.72. The maximum atomic E-state index is 11.6. The van der Waals surface area contributed by atoms with Gasteiger partial charge in [0.2, 0.25) is 11.5 Å². The maximum absolute atomic E-state index is 11.6. The molecule has 1 atom stereocenters. The smallest absolute Gasteiger partial charge is 0.330 e. The molecule has 8 heteroatoms. The van der Waals surface area contributed by atoms with Crippen molar-refractivity contribution in [1.29, 1.82) is 0 Å². The van der Waals surface area contributed by atoms with E-state index >= 15 is 0 Å². The molecule has 2 aromatic carbocycles. The molecule has 0 saturated carbocycles. The van der Waals surface area contributed by atoms with E-state index in [1.54, 1.807) is 60.7 Å². The third-order valence-corrected chi connectivity index (χ3v) is 4.75. The van der Waals surface area contributed by atoms with Crippen LogP contribution in [-0.4, -0.2) is 54.2 Å². The molecule has 2 aromatic rings. The van der Waals surface area contributed by atoms with Crippen molar-refractivity contribution in [2.24, 2.45) is 0 Å². The molecule has 33 heavy (non-hydrogen) atoms. The largest absolute Gasteiger partial charge is 0.493 e. The second-order valence-corrected chi connectivity index (χ2v) is 7.01. The molecule has 0 heterocycles. The van der Waals surface area contributed by atoms with Crippen molar-refractivity contribution in [2.75, 3.05) is 42.2 Å². The zero-order chi connectivity index (χ0) is 24.4.